The van der Waals surface area contributed by atoms with E-state index in [-0.39, 0.29) is 18.5 Å². The zero-order chi connectivity index (χ0) is 15.5. The third-order valence-corrected chi connectivity index (χ3v) is 3.20. The number of amides is 2. The number of aliphatic carboxylic acids is 1. The Morgan fingerprint density at radius 2 is 1.90 bits per heavy atom. The van der Waals surface area contributed by atoms with Crippen molar-refractivity contribution in [1.29, 1.82) is 0 Å². The molecule has 0 heterocycles. The predicted octanol–water partition coefficient (Wildman–Crippen LogP) is 1.52. The first-order chi connectivity index (χ1) is 9.35. The van der Waals surface area contributed by atoms with Gasteiger partial charge in [-0.3, -0.25) is 4.79 Å². The standard InChI is InChI=1S/C14H29N3O3/c1-5-12(6-7-13(18)19)8-9-15-14(20)16-11(2)10-17(3)4/h11-12H,5-10H2,1-4H3,(H,18,19)(H2,15,16,20). The SMILES string of the molecule is CCC(CCNC(=O)NC(C)CN(C)C)CCC(=O)O. The largest absolute Gasteiger partial charge is 0.481 e. The van der Waals surface area contributed by atoms with Crippen LogP contribution in [0.2, 0.25) is 0 Å². The molecule has 20 heavy (non-hydrogen) atoms. The second kappa shape index (κ2) is 10.5. The monoisotopic (exact) mass is 287 g/mol. The van der Waals surface area contributed by atoms with Gasteiger partial charge >= 0.3 is 12.0 Å². The zero-order valence-corrected chi connectivity index (χ0v) is 13.1. The van der Waals surface area contributed by atoms with Gasteiger partial charge in [-0.25, -0.2) is 4.79 Å². The van der Waals surface area contributed by atoms with Gasteiger partial charge in [0.05, 0.1) is 0 Å². The van der Waals surface area contributed by atoms with E-state index in [0.29, 0.717) is 18.9 Å². The maximum absolute atomic E-state index is 11.6. The normalized spacial score (nSPS) is 13.8. The lowest BCUT2D eigenvalue weighted by atomic mass is 9.97. The number of urea groups is 1. The van der Waals surface area contributed by atoms with E-state index in [0.717, 1.165) is 19.4 Å². The topological polar surface area (TPSA) is 81.7 Å². The average Bonchev–Trinajstić information content (AvgIpc) is 2.31. The minimum absolute atomic E-state index is 0.0963. The number of hydrogen-bond donors (Lipinski definition) is 3. The van der Waals surface area contributed by atoms with Crippen molar-refractivity contribution in [2.45, 2.75) is 45.6 Å². The summed E-state index contributed by atoms with van der Waals surface area (Å²) in [4.78, 5) is 24.2. The van der Waals surface area contributed by atoms with Gasteiger partial charge in [0.2, 0.25) is 0 Å². The highest BCUT2D eigenvalue weighted by Gasteiger charge is 2.11. The number of nitrogens with one attached hydrogen (secondary N) is 2. The van der Waals surface area contributed by atoms with Crippen LogP contribution in [0.3, 0.4) is 0 Å². The fraction of sp³-hybridized carbons (Fsp3) is 0.857. The Morgan fingerprint density at radius 3 is 2.40 bits per heavy atom. The lowest BCUT2D eigenvalue weighted by molar-refractivity contribution is -0.137. The van der Waals surface area contributed by atoms with Crippen LogP contribution in [-0.4, -0.2) is 55.2 Å². The Bertz CT molecular complexity index is 295. The molecule has 0 saturated heterocycles. The molecule has 0 rings (SSSR count). The highest BCUT2D eigenvalue weighted by molar-refractivity contribution is 5.74. The number of carboxylic acids is 1. The van der Waals surface area contributed by atoms with Crippen molar-refractivity contribution in [3.8, 4) is 0 Å². The molecule has 0 aromatic heterocycles. The van der Waals surface area contributed by atoms with Crippen LogP contribution in [0.1, 0.15) is 39.5 Å². The van der Waals surface area contributed by atoms with E-state index >= 15 is 0 Å². The van der Waals surface area contributed by atoms with Crippen molar-refractivity contribution in [1.82, 2.24) is 15.5 Å². The number of hydrogen-bond acceptors (Lipinski definition) is 3. The van der Waals surface area contributed by atoms with Crippen LogP contribution in [0.5, 0.6) is 0 Å². The summed E-state index contributed by atoms with van der Waals surface area (Å²) in [6.45, 7) is 5.38. The molecule has 0 radical (unpaired) electrons. The molecule has 6 heteroatoms. The summed E-state index contributed by atoms with van der Waals surface area (Å²) in [5.41, 5.74) is 0. The summed E-state index contributed by atoms with van der Waals surface area (Å²) in [5.74, 6) is -0.405. The number of carbonyl (C=O) groups is 2. The molecule has 0 aliphatic heterocycles. The van der Waals surface area contributed by atoms with Crippen LogP contribution >= 0.6 is 0 Å². The van der Waals surface area contributed by atoms with E-state index in [1.165, 1.54) is 0 Å². The first-order valence-electron chi connectivity index (χ1n) is 7.26. The fourth-order valence-corrected chi connectivity index (χ4v) is 2.14. The van der Waals surface area contributed by atoms with Crippen LogP contribution in [0.4, 0.5) is 4.79 Å². The van der Waals surface area contributed by atoms with Gasteiger partial charge in [-0.05, 0) is 39.8 Å². The maximum Gasteiger partial charge on any atom is 0.315 e. The maximum atomic E-state index is 11.6. The van der Waals surface area contributed by atoms with Crippen LogP contribution in [-0.2, 0) is 4.79 Å². The number of carboxylic acid groups (broad SMARTS) is 1. The van der Waals surface area contributed by atoms with Gasteiger partial charge in [-0.1, -0.05) is 13.3 Å². The number of likely N-dealkylation sites (N-methyl/N-ethyl adjacent to an activating group) is 1. The van der Waals surface area contributed by atoms with E-state index < -0.39 is 5.97 Å². The Kier molecular flexibility index (Phi) is 9.80. The number of carbonyl (C=O) groups excluding carboxylic acids is 1. The zero-order valence-electron chi connectivity index (χ0n) is 13.1. The van der Waals surface area contributed by atoms with Gasteiger partial charge in [0.15, 0.2) is 0 Å². The lowest BCUT2D eigenvalue weighted by Crippen LogP contribution is -2.45. The molecule has 2 unspecified atom stereocenters. The second-order valence-electron chi connectivity index (χ2n) is 5.56. The molecule has 0 aromatic carbocycles. The molecular weight excluding hydrogens is 258 g/mol. The molecule has 0 fully saturated rings. The van der Waals surface area contributed by atoms with Gasteiger partial charge in [-0.2, -0.15) is 0 Å². The highest BCUT2D eigenvalue weighted by atomic mass is 16.4. The fourth-order valence-electron chi connectivity index (χ4n) is 2.14. The quantitative estimate of drug-likeness (QED) is 0.569. The summed E-state index contributed by atoms with van der Waals surface area (Å²) >= 11 is 0. The van der Waals surface area contributed by atoms with Gasteiger partial charge < -0.3 is 20.6 Å². The smallest absolute Gasteiger partial charge is 0.315 e. The predicted molar refractivity (Wildman–Crippen MR) is 79.8 cm³/mol. The third kappa shape index (κ3) is 10.6. The van der Waals surface area contributed by atoms with E-state index in [9.17, 15) is 9.59 Å². The Morgan fingerprint density at radius 1 is 1.25 bits per heavy atom. The van der Waals surface area contributed by atoms with Crippen LogP contribution in [0.15, 0.2) is 0 Å². The van der Waals surface area contributed by atoms with Crippen molar-refractivity contribution < 1.29 is 14.7 Å². The van der Waals surface area contributed by atoms with Gasteiger partial charge in [0.1, 0.15) is 0 Å². The van der Waals surface area contributed by atoms with Crippen molar-refractivity contribution in [2.24, 2.45) is 5.92 Å². The van der Waals surface area contributed by atoms with Crippen LogP contribution in [0, 0.1) is 5.92 Å². The second-order valence-corrected chi connectivity index (χ2v) is 5.56. The summed E-state index contributed by atoms with van der Waals surface area (Å²) in [6, 6.07) is -0.0635. The van der Waals surface area contributed by atoms with Gasteiger partial charge in [0, 0.05) is 25.6 Å². The number of nitrogens with zero attached hydrogens (tertiary/aromatic N) is 1. The van der Waals surface area contributed by atoms with E-state index in [1.54, 1.807) is 0 Å². The van der Waals surface area contributed by atoms with Crippen LogP contribution < -0.4 is 10.6 Å². The summed E-state index contributed by atoms with van der Waals surface area (Å²) < 4.78 is 0. The summed E-state index contributed by atoms with van der Waals surface area (Å²) in [5, 5.41) is 14.3. The molecule has 3 N–H and O–H groups in total. The first kappa shape index (κ1) is 18.7. The Balaban J connectivity index is 3.80. The Labute approximate surface area is 121 Å². The minimum atomic E-state index is -0.758. The van der Waals surface area contributed by atoms with Crippen LogP contribution in [0.25, 0.3) is 0 Å². The van der Waals surface area contributed by atoms with E-state index in [2.05, 4.69) is 10.6 Å². The Hall–Kier alpha value is -1.30. The molecule has 2 atom stereocenters. The molecule has 0 aliphatic carbocycles. The van der Waals surface area contributed by atoms with E-state index in [4.69, 9.17) is 5.11 Å². The van der Waals surface area contributed by atoms with Crippen molar-refractivity contribution in [2.75, 3.05) is 27.2 Å². The lowest BCUT2D eigenvalue weighted by Gasteiger charge is -2.19. The summed E-state index contributed by atoms with van der Waals surface area (Å²) in [7, 11) is 3.93. The molecule has 0 aromatic rings. The molecule has 6 nitrogen and oxygen atoms in total. The number of rotatable bonds is 10. The third-order valence-electron chi connectivity index (χ3n) is 3.20. The van der Waals surface area contributed by atoms with Crippen molar-refractivity contribution in [3.05, 3.63) is 0 Å². The van der Waals surface area contributed by atoms with Gasteiger partial charge in [-0.15, -0.1) is 0 Å². The van der Waals surface area contributed by atoms with Crippen molar-refractivity contribution >= 4 is 12.0 Å². The molecule has 0 aliphatic rings. The minimum Gasteiger partial charge on any atom is -0.481 e. The summed E-state index contributed by atoms with van der Waals surface area (Å²) in [6.07, 6.45) is 2.63. The molecule has 2 amide bonds. The van der Waals surface area contributed by atoms with Gasteiger partial charge in [0.25, 0.3) is 0 Å². The molecule has 0 bridgehead atoms. The molecular formula is C14H29N3O3. The molecule has 0 saturated carbocycles. The molecule has 118 valence electrons. The first-order valence-corrected chi connectivity index (χ1v) is 7.26. The average molecular weight is 287 g/mol. The van der Waals surface area contributed by atoms with E-state index in [1.807, 2.05) is 32.8 Å². The molecule has 0 spiro atoms. The highest BCUT2D eigenvalue weighted by Crippen LogP contribution is 2.14. The van der Waals surface area contributed by atoms with Crippen molar-refractivity contribution in [3.63, 3.8) is 0 Å².